The molecular formula is C18H23FN4O. The number of nitrogens with zero attached hydrogens (tertiary/aromatic N) is 4. The van der Waals surface area contributed by atoms with Gasteiger partial charge >= 0.3 is 0 Å². The van der Waals surface area contributed by atoms with Crippen LogP contribution >= 0.6 is 0 Å². The van der Waals surface area contributed by atoms with Crippen molar-refractivity contribution in [3.8, 4) is 0 Å². The number of aromatic nitrogens is 2. The van der Waals surface area contributed by atoms with E-state index >= 15 is 0 Å². The van der Waals surface area contributed by atoms with Crippen molar-refractivity contribution in [2.75, 3.05) is 32.1 Å². The number of benzene rings is 1. The van der Waals surface area contributed by atoms with Crippen molar-refractivity contribution in [1.29, 1.82) is 0 Å². The molecule has 0 unspecified atom stereocenters. The van der Waals surface area contributed by atoms with E-state index in [9.17, 15) is 9.50 Å². The first kappa shape index (κ1) is 16.8. The Morgan fingerprint density at radius 1 is 1.12 bits per heavy atom. The third-order valence-corrected chi connectivity index (χ3v) is 4.56. The number of likely N-dealkylation sites (tertiary alicyclic amines) is 1. The van der Waals surface area contributed by atoms with Gasteiger partial charge in [0.2, 0.25) is 5.95 Å². The normalized spacial score (nSPS) is 17.7. The predicted molar refractivity (Wildman–Crippen MR) is 91.2 cm³/mol. The second-order valence-electron chi connectivity index (χ2n) is 6.60. The number of halogens is 1. The Labute approximate surface area is 141 Å². The van der Waals surface area contributed by atoms with Crippen molar-refractivity contribution < 1.29 is 9.50 Å². The molecule has 1 aliphatic heterocycles. The van der Waals surface area contributed by atoms with Crippen molar-refractivity contribution in [1.82, 2.24) is 14.9 Å². The molecule has 3 rings (SSSR count). The van der Waals surface area contributed by atoms with E-state index in [1.165, 1.54) is 12.1 Å². The number of anilines is 1. The molecule has 0 spiro atoms. The molecule has 0 saturated carbocycles. The Bertz CT molecular complexity index is 664. The highest BCUT2D eigenvalue weighted by Gasteiger charge is 2.33. The fraction of sp³-hybridized carbons (Fsp3) is 0.444. The third kappa shape index (κ3) is 3.71. The van der Waals surface area contributed by atoms with Crippen LogP contribution in [-0.4, -0.2) is 47.2 Å². The molecule has 1 fully saturated rings. The van der Waals surface area contributed by atoms with E-state index < -0.39 is 5.60 Å². The van der Waals surface area contributed by atoms with Gasteiger partial charge in [-0.05, 0) is 30.5 Å². The highest BCUT2D eigenvalue weighted by atomic mass is 19.1. The van der Waals surface area contributed by atoms with E-state index in [1.54, 1.807) is 12.1 Å². The van der Waals surface area contributed by atoms with Crippen molar-refractivity contribution in [2.24, 2.45) is 0 Å². The van der Waals surface area contributed by atoms with E-state index in [4.69, 9.17) is 0 Å². The van der Waals surface area contributed by atoms with Crippen molar-refractivity contribution in [2.45, 2.75) is 25.0 Å². The maximum absolute atomic E-state index is 13.1. The molecule has 1 aliphatic rings. The molecule has 1 N–H and O–H groups in total. The Hall–Kier alpha value is -2.05. The molecule has 1 aromatic carbocycles. The standard InChI is InChI=1S/C18H23FN4O/c1-22(2)17-20-11-14(12-21-17)13-23-9-7-18(24,8-10-23)15-3-5-16(19)6-4-15/h3-6,11-12,24H,7-10,13H2,1-2H3. The molecule has 0 amide bonds. The third-order valence-electron chi connectivity index (χ3n) is 4.56. The first-order valence-electron chi connectivity index (χ1n) is 8.15. The highest BCUT2D eigenvalue weighted by Crippen LogP contribution is 2.33. The molecule has 5 nitrogen and oxygen atoms in total. The average Bonchev–Trinajstić information content (AvgIpc) is 2.58. The molecule has 6 heteroatoms. The maximum Gasteiger partial charge on any atom is 0.224 e. The van der Waals surface area contributed by atoms with Gasteiger partial charge in [-0.3, -0.25) is 4.90 Å². The van der Waals surface area contributed by atoms with Crippen LogP contribution in [0.25, 0.3) is 0 Å². The molecule has 128 valence electrons. The van der Waals surface area contributed by atoms with Crippen LogP contribution in [-0.2, 0) is 12.1 Å². The first-order valence-corrected chi connectivity index (χ1v) is 8.15. The van der Waals surface area contributed by atoms with Crippen LogP contribution in [0.15, 0.2) is 36.7 Å². The van der Waals surface area contributed by atoms with Gasteiger partial charge in [-0.15, -0.1) is 0 Å². The number of piperidine rings is 1. The number of rotatable bonds is 4. The van der Waals surface area contributed by atoms with E-state index in [0.29, 0.717) is 18.8 Å². The predicted octanol–water partition coefficient (Wildman–Crippen LogP) is 2.17. The zero-order chi connectivity index (χ0) is 17.2. The zero-order valence-corrected chi connectivity index (χ0v) is 14.1. The quantitative estimate of drug-likeness (QED) is 0.931. The lowest BCUT2D eigenvalue weighted by molar-refractivity contribution is -0.0278. The van der Waals surface area contributed by atoms with Crippen LogP contribution in [0.3, 0.4) is 0 Å². The van der Waals surface area contributed by atoms with Crippen LogP contribution in [0.1, 0.15) is 24.0 Å². The molecule has 0 atom stereocenters. The minimum atomic E-state index is -0.866. The monoisotopic (exact) mass is 330 g/mol. The molecule has 24 heavy (non-hydrogen) atoms. The van der Waals surface area contributed by atoms with Crippen LogP contribution in [0.5, 0.6) is 0 Å². The van der Waals surface area contributed by atoms with E-state index in [2.05, 4.69) is 14.9 Å². The van der Waals surface area contributed by atoms with Gasteiger partial charge in [0, 0.05) is 51.7 Å². The van der Waals surface area contributed by atoms with E-state index in [-0.39, 0.29) is 5.82 Å². The van der Waals surface area contributed by atoms with Gasteiger partial charge < -0.3 is 10.0 Å². The van der Waals surface area contributed by atoms with Gasteiger partial charge in [-0.1, -0.05) is 12.1 Å². The Balaban J connectivity index is 1.59. The molecule has 0 aliphatic carbocycles. The SMILES string of the molecule is CN(C)c1ncc(CN2CCC(O)(c3ccc(F)cc3)CC2)cn1. The Morgan fingerprint density at radius 2 is 1.71 bits per heavy atom. The number of aliphatic hydroxyl groups is 1. The van der Waals surface area contributed by atoms with Crippen LogP contribution in [0, 0.1) is 5.82 Å². The number of hydrogen-bond acceptors (Lipinski definition) is 5. The van der Waals surface area contributed by atoms with Crippen LogP contribution in [0.4, 0.5) is 10.3 Å². The molecule has 0 bridgehead atoms. The minimum Gasteiger partial charge on any atom is -0.385 e. The van der Waals surface area contributed by atoms with Gasteiger partial charge in [0.15, 0.2) is 0 Å². The summed E-state index contributed by atoms with van der Waals surface area (Å²) in [5.74, 6) is 0.420. The summed E-state index contributed by atoms with van der Waals surface area (Å²) in [6.45, 7) is 2.33. The summed E-state index contributed by atoms with van der Waals surface area (Å²) in [6.07, 6.45) is 4.97. The minimum absolute atomic E-state index is 0.277. The molecule has 1 saturated heterocycles. The topological polar surface area (TPSA) is 52.5 Å². The fourth-order valence-electron chi connectivity index (χ4n) is 3.05. The summed E-state index contributed by atoms with van der Waals surface area (Å²) in [7, 11) is 3.83. The maximum atomic E-state index is 13.1. The highest BCUT2D eigenvalue weighted by molar-refractivity contribution is 5.27. The summed E-state index contributed by atoms with van der Waals surface area (Å²) in [5.41, 5.74) is 0.991. The van der Waals surface area contributed by atoms with Crippen molar-refractivity contribution >= 4 is 5.95 Å². The summed E-state index contributed by atoms with van der Waals surface area (Å²) in [4.78, 5) is 12.8. The van der Waals surface area contributed by atoms with E-state index in [0.717, 1.165) is 30.8 Å². The van der Waals surface area contributed by atoms with Gasteiger partial charge in [0.05, 0.1) is 5.60 Å². The lowest BCUT2D eigenvalue weighted by Crippen LogP contribution is -2.42. The fourth-order valence-corrected chi connectivity index (χ4v) is 3.05. The van der Waals surface area contributed by atoms with Crippen LogP contribution in [0.2, 0.25) is 0 Å². The summed E-state index contributed by atoms with van der Waals surface area (Å²) >= 11 is 0. The molecular weight excluding hydrogens is 307 g/mol. The van der Waals surface area contributed by atoms with Crippen molar-refractivity contribution in [3.63, 3.8) is 0 Å². The molecule has 2 aromatic rings. The van der Waals surface area contributed by atoms with Crippen LogP contribution < -0.4 is 4.90 Å². The second-order valence-corrected chi connectivity index (χ2v) is 6.60. The second kappa shape index (κ2) is 6.83. The molecule has 2 heterocycles. The Kier molecular flexibility index (Phi) is 4.78. The largest absolute Gasteiger partial charge is 0.385 e. The van der Waals surface area contributed by atoms with Gasteiger partial charge in [0.25, 0.3) is 0 Å². The zero-order valence-electron chi connectivity index (χ0n) is 14.1. The van der Waals surface area contributed by atoms with Gasteiger partial charge in [0.1, 0.15) is 5.82 Å². The van der Waals surface area contributed by atoms with Gasteiger partial charge in [-0.25, -0.2) is 14.4 Å². The smallest absolute Gasteiger partial charge is 0.224 e. The summed E-state index contributed by atoms with van der Waals surface area (Å²) < 4.78 is 13.1. The lowest BCUT2D eigenvalue weighted by Gasteiger charge is -2.38. The molecule has 1 aromatic heterocycles. The summed E-state index contributed by atoms with van der Waals surface area (Å²) in [6, 6.07) is 6.17. The first-order chi connectivity index (χ1) is 11.5. The molecule has 0 radical (unpaired) electrons. The van der Waals surface area contributed by atoms with E-state index in [1.807, 2.05) is 31.4 Å². The lowest BCUT2D eigenvalue weighted by atomic mass is 9.84. The number of hydrogen-bond donors (Lipinski definition) is 1. The van der Waals surface area contributed by atoms with Crippen molar-refractivity contribution in [3.05, 3.63) is 53.6 Å². The average molecular weight is 330 g/mol. The summed E-state index contributed by atoms with van der Waals surface area (Å²) in [5, 5.41) is 10.8. The van der Waals surface area contributed by atoms with Gasteiger partial charge in [-0.2, -0.15) is 0 Å². The Morgan fingerprint density at radius 3 is 2.25 bits per heavy atom.